The fraction of sp³-hybridized carbons (Fsp3) is 0.700. The molecule has 2 unspecified atom stereocenters. The molecule has 3 heteroatoms. The van der Waals surface area contributed by atoms with E-state index in [0.717, 1.165) is 19.3 Å². The minimum absolute atomic E-state index is 0.0114. The molecule has 0 aromatic heterocycles. The average molecular weight is 182 g/mol. The normalized spacial score (nSPS) is 32.9. The van der Waals surface area contributed by atoms with Gasteiger partial charge in [-0.1, -0.05) is 12.5 Å². The Hall–Kier alpha value is -0.830. The minimum atomic E-state index is -0.358. The minimum Gasteiger partial charge on any atom is -0.352 e. The first-order valence-corrected chi connectivity index (χ1v) is 4.76. The molecule has 2 atom stereocenters. The lowest BCUT2D eigenvalue weighted by atomic mass is 9.84. The van der Waals surface area contributed by atoms with Gasteiger partial charge in [0.15, 0.2) is 0 Å². The van der Waals surface area contributed by atoms with Gasteiger partial charge in [0.25, 0.3) is 0 Å². The molecule has 1 rings (SSSR count). The number of rotatable bonds is 3. The molecular weight excluding hydrogens is 164 g/mol. The van der Waals surface area contributed by atoms with Gasteiger partial charge in [0.2, 0.25) is 5.91 Å². The lowest BCUT2D eigenvalue weighted by molar-refractivity contribution is -0.130. The molecule has 0 aromatic carbocycles. The molecule has 0 saturated heterocycles. The second kappa shape index (κ2) is 3.92. The van der Waals surface area contributed by atoms with Crippen molar-refractivity contribution in [3.05, 3.63) is 12.7 Å². The van der Waals surface area contributed by atoms with Crippen LogP contribution in [-0.4, -0.2) is 18.5 Å². The maximum absolute atomic E-state index is 11.7. The Labute approximate surface area is 79.4 Å². The largest absolute Gasteiger partial charge is 0.352 e. The van der Waals surface area contributed by atoms with Crippen molar-refractivity contribution in [2.45, 2.75) is 32.2 Å². The fourth-order valence-electron chi connectivity index (χ4n) is 1.84. The van der Waals surface area contributed by atoms with Crippen LogP contribution in [0, 0.1) is 5.41 Å². The second-order valence-corrected chi connectivity index (χ2v) is 3.91. The molecule has 1 aliphatic carbocycles. The van der Waals surface area contributed by atoms with Crippen LogP contribution >= 0.6 is 0 Å². The zero-order chi connectivity index (χ0) is 9.90. The van der Waals surface area contributed by atoms with E-state index >= 15 is 0 Å². The number of hydrogen-bond acceptors (Lipinski definition) is 2. The average Bonchev–Trinajstić information content (AvgIpc) is 2.44. The molecule has 3 N–H and O–H groups in total. The monoisotopic (exact) mass is 182 g/mol. The first kappa shape index (κ1) is 10.3. The number of carbonyl (C=O) groups excluding carboxylic acids is 1. The highest BCUT2D eigenvalue weighted by molar-refractivity contribution is 5.83. The van der Waals surface area contributed by atoms with Gasteiger partial charge < -0.3 is 11.1 Å². The smallest absolute Gasteiger partial charge is 0.227 e. The Morgan fingerprint density at radius 2 is 2.54 bits per heavy atom. The third-order valence-corrected chi connectivity index (χ3v) is 2.96. The molecule has 0 heterocycles. The predicted molar refractivity (Wildman–Crippen MR) is 53.1 cm³/mol. The Kier molecular flexibility index (Phi) is 3.09. The second-order valence-electron chi connectivity index (χ2n) is 3.91. The van der Waals surface area contributed by atoms with Gasteiger partial charge in [-0.15, -0.1) is 6.58 Å². The fourth-order valence-corrected chi connectivity index (χ4v) is 1.84. The molecule has 74 valence electrons. The van der Waals surface area contributed by atoms with E-state index in [1.54, 1.807) is 6.08 Å². The highest BCUT2D eigenvalue weighted by Gasteiger charge is 2.42. The Balaban J connectivity index is 2.57. The van der Waals surface area contributed by atoms with Gasteiger partial charge in [0.1, 0.15) is 0 Å². The number of carbonyl (C=O) groups is 1. The summed E-state index contributed by atoms with van der Waals surface area (Å²) in [6, 6.07) is 0.0114. The summed E-state index contributed by atoms with van der Waals surface area (Å²) in [5, 5.41) is 2.81. The molecular formula is C10H18N2O. The maximum Gasteiger partial charge on any atom is 0.227 e. The first-order chi connectivity index (χ1) is 6.11. The zero-order valence-electron chi connectivity index (χ0n) is 8.18. The quantitative estimate of drug-likeness (QED) is 0.634. The highest BCUT2D eigenvalue weighted by atomic mass is 16.2. The molecule has 13 heavy (non-hydrogen) atoms. The van der Waals surface area contributed by atoms with E-state index in [1.165, 1.54) is 0 Å². The molecule has 1 amide bonds. The number of nitrogens with two attached hydrogens (primary N) is 1. The summed E-state index contributed by atoms with van der Waals surface area (Å²) in [7, 11) is 0. The number of nitrogens with one attached hydrogen (secondary N) is 1. The Morgan fingerprint density at radius 3 is 3.00 bits per heavy atom. The Bertz CT molecular complexity index is 215. The van der Waals surface area contributed by atoms with Crippen LogP contribution in [0.1, 0.15) is 26.2 Å². The topological polar surface area (TPSA) is 55.1 Å². The summed E-state index contributed by atoms with van der Waals surface area (Å²) in [6.45, 7) is 6.03. The van der Waals surface area contributed by atoms with Gasteiger partial charge >= 0.3 is 0 Å². The van der Waals surface area contributed by atoms with Crippen LogP contribution < -0.4 is 11.1 Å². The van der Waals surface area contributed by atoms with E-state index in [0.29, 0.717) is 6.54 Å². The highest BCUT2D eigenvalue weighted by Crippen LogP contribution is 2.36. The van der Waals surface area contributed by atoms with Gasteiger partial charge in [-0.05, 0) is 19.8 Å². The third-order valence-electron chi connectivity index (χ3n) is 2.96. The molecule has 0 aliphatic heterocycles. The van der Waals surface area contributed by atoms with E-state index < -0.39 is 0 Å². The van der Waals surface area contributed by atoms with Crippen LogP contribution in [-0.2, 0) is 4.79 Å². The predicted octanol–water partition coefficient (Wildman–Crippen LogP) is 0.806. The molecule has 1 aliphatic rings. The summed E-state index contributed by atoms with van der Waals surface area (Å²) in [4.78, 5) is 11.7. The van der Waals surface area contributed by atoms with E-state index in [-0.39, 0.29) is 17.4 Å². The van der Waals surface area contributed by atoms with Crippen molar-refractivity contribution >= 4 is 5.91 Å². The van der Waals surface area contributed by atoms with E-state index in [2.05, 4.69) is 11.9 Å². The summed E-state index contributed by atoms with van der Waals surface area (Å²) < 4.78 is 0. The molecule has 3 nitrogen and oxygen atoms in total. The lowest BCUT2D eigenvalue weighted by Crippen LogP contribution is -2.47. The van der Waals surface area contributed by atoms with Crippen LogP contribution in [0.3, 0.4) is 0 Å². The molecule has 1 saturated carbocycles. The van der Waals surface area contributed by atoms with Crippen molar-refractivity contribution in [3.63, 3.8) is 0 Å². The molecule has 0 radical (unpaired) electrons. The summed E-state index contributed by atoms with van der Waals surface area (Å²) in [6.07, 6.45) is 4.59. The van der Waals surface area contributed by atoms with Gasteiger partial charge in [0, 0.05) is 12.6 Å². The van der Waals surface area contributed by atoms with Crippen LogP contribution in [0.25, 0.3) is 0 Å². The van der Waals surface area contributed by atoms with Crippen molar-refractivity contribution in [1.29, 1.82) is 0 Å². The maximum atomic E-state index is 11.7. The molecule has 0 spiro atoms. The van der Waals surface area contributed by atoms with E-state index in [1.807, 2.05) is 6.92 Å². The first-order valence-electron chi connectivity index (χ1n) is 4.76. The van der Waals surface area contributed by atoms with Crippen molar-refractivity contribution in [1.82, 2.24) is 5.32 Å². The van der Waals surface area contributed by atoms with Crippen molar-refractivity contribution in [2.24, 2.45) is 11.1 Å². The number of hydrogen-bond donors (Lipinski definition) is 2. The molecule has 0 aromatic rings. The standard InChI is InChI=1S/C10H18N2O/c1-3-7-12-9(13)10(2)6-4-5-8(10)11/h3,8H,1,4-7,11H2,2H3,(H,12,13). The third kappa shape index (κ3) is 1.91. The lowest BCUT2D eigenvalue weighted by Gasteiger charge is -2.27. The van der Waals surface area contributed by atoms with Crippen LogP contribution in [0.5, 0.6) is 0 Å². The van der Waals surface area contributed by atoms with Gasteiger partial charge in [-0.3, -0.25) is 4.79 Å². The van der Waals surface area contributed by atoms with Gasteiger partial charge in [0.05, 0.1) is 5.41 Å². The van der Waals surface area contributed by atoms with Crippen molar-refractivity contribution in [3.8, 4) is 0 Å². The SMILES string of the molecule is C=CCNC(=O)C1(C)CCCC1N. The van der Waals surface area contributed by atoms with Crippen LogP contribution in [0.2, 0.25) is 0 Å². The summed E-state index contributed by atoms with van der Waals surface area (Å²) in [5.74, 6) is 0.0670. The van der Waals surface area contributed by atoms with Gasteiger partial charge in [-0.25, -0.2) is 0 Å². The summed E-state index contributed by atoms with van der Waals surface area (Å²) in [5.41, 5.74) is 5.54. The molecule has 0 bridgehead atoms. The summed E-state index contributed by atoms with van der Waals surface area (Å²) >= 11 is 0. The molecule has 1 fully saturated rings. The van der Waals surface area contributed by atoms with Crippen molar-refractivity contribution < 1.29 is 4.79 Å². The number of amides is 1. The van der Waals surface area contributed by atoms with Crippen molar-refractivity contribution in [2.75, 3.05) is 6.54 Å². The van der Waals surface area contributed by atoms with E-state index in [4.69, 9.17) is 5.73 Å². The van der Waals surface area contributed by atoms with E-state index in [9.17, 15) is 4.79 Å². The van der Waals surface area contributed by atoms with Crippen LogP contribution in [0.4, 0.5) is 0 Å². The Morgan fingerprint density at radius 1 is 1.85 bits per heavy atom. The zero-order valence-corrected chi connectivity index (χ0v) is 8.18. The van der Waals surface area contributed by atoms with Crippen LogP contribution in [0.15, 0.2) is 12.7 Å². The van der Waals surface area contributed by atoms with Gasteiger partial charge in [-0.2, -0.15) is 0 Å².